The average molecular weight is 345 g/mol. The highest BCUT2D eigenvalue weighted by Crippen LogP contribution is 2.37. The average Bonchev–Trinajstić information content (AvgIpc) is 2.34. The van der Waals surface area contributed by atoms with Gasteiger partial charge >= 0.3 is 5.97 Å². The van der Waals surface area contributed by atoms with Gasteiger partial charge in [0.25, 0.3) is 0 Å². The largest absolute Gasteiger partial charge is 0.462 e. The highest BCUT2D eigenvalue weighted by atomic mass is 28.4. The predicted octanol–water partition coefficient (Wildman–Crippen LogP) is 4.72. The Balaban J connectivity index is 4.34. The number of carbonyl (C=O) groups is 2. The molecule has 0 spiro atoms. The molecule has 23 heavy (non-hydrogen) atoms. The second kappa shape index (κ2) is 8.43. The van der Waals surface area contributed by atoms with Crippen molar-refractivity contribution in [1.29, 1.82) is 0 Å². The Morgan fingerprint density at radius 2 is 1.61 bits per heavy atom. The zero-order chi connectivity index (χ0) is 18.5. The summed E-state index contributed by atoms with van der Waals surface area (Å²) in [7, 11) is -1.93. The fourth-order valence-electron chi connectivity index (χ4n) is 1.73. The first-order chi connectivity index (χ1) is 10.2. The Hall–Kier alpha value is -0.683. The van der Waals surface area contributed by atoms with Crippen LogP contribution in [0.15, 0.2) is 0 Å². The maximum atomic E-state index is 11.8. The van der Waals surface area contributed by atoms with Crippen molar-refractivity contribution in [2.24, 2.45) is 5.41 Å². The van der Waals surface area contributed by atoms with Crippen LogP contribution in [0.2, 0.25) is 18.1 Å². The topological polar surface area (TPSA) is 52.6 Å². The minimum absolute atomic E-state index is 0.0871. The van der Waals surface area contributed by atoms with Crippen molar-refractivity contribution in [2.75, 3.05) is 0 Å². The van der Waals surface area contributed by atoms with Crippen molar-refractivity contribution in [3.63, 3.8) is 0 Å². The van der Waals surface area contributed by atoms with Crippen LogP contribution in [-0.2, 0) is 18.8 Å². The lowest BCUT2D eigenvalue weighted by molar-refractivity contribution is -0.158. The van der Waals surface area contributed by atoms with Gasteiger partial charge in [0.1, 0.15) is 12.4 Å². The van der Waals surface area contributed by atoms with Gasteiger partial charge < -0.3 is 14.0 Å². The molecule has 0 fully saturated rings. The van der Waals surface area contributed by atoms with Crippen LogP contribution in [0, 0.1) is 5.41 Å². The molecule has 0 aromatic carbocycles. The van der Waals surface area contributed by atoms with Crippen LogP contribution in [0.3, 0.4) is 0 Å². The van der Waals surface area contributed by atoms with Crippen LogP contribution < -0.4 is 0 Å². The lowest BCUT2D eigenvalue weighted by Crippen LogP contribution is -2.44. The van der Waals surface area contributed by atoms with E-state index in [0.717, 1.165) is 19.1 Å². The summed E-state index contributed by atoms with van der Waals surface area (Å²) in [6.07, 6.45) is 2.63. The Labute approximate surface area is 143 Å². The van der Waals surface area contributed by atoms with Crippen molar-refractivity contribution >= 4 is 20.6 Å². The molecule has 0 saturated carbocycles. The number of hydrogen-bond acceptors (Lipinski definition) is 4. The standard InChI is InChI=1S/C18H36O4Si/c1-14(21-16(20)17(2,3)4)11-10-12-15(13-19)22-23(8,9)18(5,6)7/h13-15H,10-12H2,1-9H3/t14?,15-/m0/s1. The van der Waals surface area contributed by atoms with Crippen LogP contribution in [0.1, 0.15) is 67.7 Å². The zero-order valence-corrected chi connectivity index (χ0v) is 17.5. The molecule has 0 rings (SSSR count). The molecule has 136 valence electrons. The second-order valence-electron chi connectivity index (χ2n) is 8.95. The van der Waals surface area contributed by atoms with Gasteiger partial charge in [-0.25, -0.2) is 0 Å². The summed E-state index contributed by atoms with van der Waals surface area (Å²) in [4.78, 5) is 23.1. The van der Waals surface area contributed by atoms with E-state index in [0.29, 0.717) is 6.42 Å². The molecule has 2 atom stereocenters. The molecule has 4 nitrogen and oxygen atoms in total. The van der Waals surface area contributed by atoms with E-state index in [1.807, 2.05) is 27.7 Å². The van der Waals surface area contributed by atoms with E-state index < -0.39 is 13.7 Å². The predicted molar refractivity (Wildman–Crippen MR) is 97.0 cm³/mol. The van der Waals surface area contributed by atoms with Crippen molar-refractivity contribution < 1.29 is 18.8 Å². The first-order valence-corrected chi connectivity index (χ1v) is 11.5. The van der Waals surface area contributed by atoms with Crippen LogP contribution in [0.4, 0.5) is 0 Å². The van der Waals surface area contributed by atoms with E-state index in [2.05, 4.69) is 33.9 Å². The Kier molecular flexibility index (Phi) is 8.17. The summed E-state index contributed by atoms with van der Waals surface area (Å²) in [6, 6.07) is 0. The molecule has 0 bridgehead atoms. The van der Waals surface area contributed by atoms with Gasteiger partial charge in [0, 0.05) is 0 Å². The molecule has 0 amide bonds. The van der Waals surface area contributed by atoms with E-state index in [1.165, 1.54) is 0 Å². The molecule has 5 heteroatoms. The normalized spacial score (nSPS) is 15.9. The summed E-state index contributed by atoms with van der Waals surface area (Å²) in [6.45, 7) is 18.2. The molecular weight excluding hydrogens is 308 g/mol. The summed E-state index contributed by atoms with van der Waals surface area (Å²) < 4.78 is 11.6. The van der Waals surface area contributed by atoms with Crippen LogP contribution >= 0.6 is 0 Å². The van der Waals surface area contributed by atoms with Gasteiger partial charge in [-0.15, -0.1) is 0 Å². The highest BCUT2D eigenvalue weighted by molar-refractivity contribution is 6.74. The van der Waals surface area contributed by atoms with Crippen molar-refractivity contribution in [2.45, 2.75) is 98.1 Å². The van der Waals surface area contributed by atoms with E-state index >= 15 is 0 Å². The molecular formula is C18H36O4Si. The summed E-state index contributed by atoms with van der Waals surface area (Å²) in [5, 5.41) is 0.0871. The first kappa shape index (κ1) is 22.3. The summed E-state index contributed by atoms with van der Waals surface area (Å²) in [5.41, 5.74) is -0.481. The third-order valence-electron chi connectivity index (χ3n) is 4.42. The van der Waals surface area contributed by atoms with Crippen molar-refractivity contribution in [3.8, 4) is 0 Å². The maximum absolute atomic E-state index is 11.8. The molecule has 0 aromatic rings. The van der Waals surface area contributed by atoms with Gasteiger partial charge in [-0.3, -0.25) is 4.79 Å². The lowest BCUT2D eigenvalue weighted by atomic mass is 9.97. The first-order valence-electron chi connectivity index (χ1n) is 8.55. The van der Waals surface area contributed by atoms with E-state index in [-0.39, 0.29) is 23.2 Å². The summed E-state index contributed by atoms with van der Waals surface area (Å²) in [5.74, 6) is -0.186. The van der Waals surface area contributed by atoms with Crippen LogP contribution in [-0.4, -0.2) is 32.8 Å². The van der Waals surface area contributed by atoms with Gasteiger partial charge in [-0.1, -0.05) is 20.8 Å². The number of ether oxygens (including phenoxy) is 1. The minimum Gasteiger partial charge on any atom is -0.462 e. The van der Waals surface area contributed by atoms with Crippen molar-refractivity contribution in [1.82, 2.24) is 0 Å². The summed E-state index contributed by atoms with van der Waals surface area (Å²) >= 11 is 0. The molecule has 0 saturated heterocycles. The number of hydrogen-bond donors (Lipinski definition) is 0. The molecule has 1 unspecified atom stereocenters. The quantitative estimate of drug-likeness (QED) is 0.363. The number of esters is 1. The van der Waals surface area contributed by atoms with Gasteiger partial charge in [0.2, 0.25) is 0 Å². The fraction of sp³-hybridized carbons (Fsp3) is 0.889. The van der Waals surface area contributed by atoms with Crippen LogP contribution in [0.25, 0.3) is 0 Å². The van der Waals surface area contributed by atoms with E-state index in [1.54, 1.807) is 0 Å². The lowest BCUT2D eigenvalue weighted by Gasteiger charge is -2.38. The number of rotatable bonds is 8. The molecule has 0 aliphatic heterocycles. The van der Waals surface area contributed by atoms with Gasteiger partial charge in [-0.05, 0) is 65.1 Å². The maximum Gasteiger partial charge on any atom is 0.311 e. The van der Waals surface area contributed by atoms with Gasteiger partial charge in [-0.2, -0.15) is 0 Å². The van der Waals surface area contributed by atoms with E-state index in [9.17, 15) is 9.59 Å². The third kappa shape index (κ3) is 8.11. The highest BCUT2D eigenvalue weighted by Gasteiger charge is 2.39. The molecule has 0 radical (unpaired) electrons. The van der Waals surface area contributed by atoms with Gasteiger partial charge in [0.15, 0.2) is 8.32 Å². The fourth-order valence-corrected chi connectivity index (χ4v) is 3.02. The smallest absolute Gasteiger partial charge is 0.311 e. The molecule has 0 heterocycles. The minimum atomic E-state index is -1.93. The molecule has 0 aromatic heterocycles. The Morgan fingerprint density at radius 1 is 1.09 bits per heavy atom. The molecule has 0 N–H and O–H groups in total. The number of aldehydes is 1. The SMILES string of the molecule is CC(CCC[C@@H](C=O)O[Si](C)(C)C(C)(C)C)OC(=O)C(C)(C)C. The van der Waals surface area contributed by atoms with E-state index in [4.69, 9.17) is 9.16 Å². The monoisotopic (exact) mass is 344 g/mol. The Bertz CT molecular complexity index is 391. The van der Waals surface area contributed by atoms with Crippen LogP contribution in [0.5, 0.6) is 0 Å². The van der Waals surface area contributed by atoms with Gasteiger partial charge in [0.05, 0.1) is 11.5 Å². The Morgan fingerprint density at radius 3 is 2.00 bits per heavy atom. The third-order valence-corrected chi connectivity index (χ3v) is 8.93. The zero-order valence-electron chi connectivity index (χ0n) is 16.5. The second-order valence-corrected chi connectivity index (χ2v) is 13.7. The number of carbonyl (C=O) groups excluding carboxylic acids is 2. The van der Waals surface area contributed by atoms with Crippen molar-refractivity contribution in [3.05, 3.63) is 0 Å². The molecule has 0 aliphatic carbocycles. The molecule has 0 aliphatic rings.